The molecule has 0 aromatic heterocycles. The SMILES string of the molecule is Cc1ccccc1-c1cc(-c2ccccc2C)cc(N(c2ccc(C#N)cc2)c2ccc3ccc4c(N(c5ccc(C#N)cc5)c5cc(-c6ccccc6C)cc(-c6ccccc6C)c5)ccc5ccc2c3c54)c1. The van der Waals surface area contributed by atoms with Crippen molar-refractivity contribution in [1.29, 1.82) is 10.5 Å². The standard InChI is InChI=1S/C70H50N4/c1-45-13-5-9-17-61(45)53-37-54(62-18-10-6-14-46(62)2)40-59(39-53)73(57-29-21-49(43-71)22-30-57)67-35-27-51-26-34-66-68(36-28-52-25-33-65(67)69(51)70(52)66)74(58-31-23-50(44-72)24-32-58)60-41-55(63-19-11-7-15-47(63)3)38-56(42-60)64-20-12-8-16-48(64)4/h5-42H,1-4H3. The number of rotatable bonds is 10. The highest BCUT2D eigenvalue weighted by Crippen LogP contribution is 2.49. The lowest BCUT2D eigenvalue weighted by molar-refractivity contribution is 1.29. The molecule has 0 atom stereocenters. The minimum atomic E-state index is 0.605. The summed E-state index contributed by atoms with van der Waals surface area (Å²) in [5, 5.41) is 26.8. The number of anilines is 6. The molecule has 4 heteroatoms. The normalized spacial score (nSPS) is 11.2. The smallest absolute Gasteiger partial charge is 0.0991 e. The van der Waals surface area contributed by atoms with Gasteiger partial charge in [0.1, 0.15) is 0 Å². The first kappa shape index (κ1) is 45.4. The van der Waals surface area contributed by atoms with Crippen LogP contribution in [0.4, 0.5) is 34.1 Å². The van der Waals surface area contributed by atoms with E-state index in [1.165, 1.54) is 55.3 Å². The van der Waals surface area contributed by atoms with E-state index in [4.69, 9.17) is 0 Å². The second-order valence-corrected chi connectivity index (χ2v) is 19.4. The van der Waals surface area contributed by atoms with E-state index in [0.29, 0.717) is 11.1 Å². The van der Waals surface area contributed by atoms with E-state index >= 15 is 0 Å². The van der Waals surface area contributed by atoms with Crippen LogP contribution in [0.15, 0.2) is 231 Å². The average Bonchev–Trinajstić information content (AvgIpc) is 3.45. The molecule has 0 amide bonds. The first-order chi connectivity index (χ1) is 36.2. The van der Waals surface area contributed by atoms with E-state index in [2.05, 4.69) is 256 Å². The Hall–Kier alpha value is -9.74. The molecule has 0 aliphatic rings. The lowest BCUT2D eigenvalue weighted by Gasteiger charge is -2.30. The maximum absolute atomic E-state index is 9.98. The number of benzene rings is 12. The second-order valence-electron chi connectivity index (χ2n) is 19.4. The Morgan fingerprint density at radius 2 is 0.595 bits per heavy atom. The highest BCUT2D eigenvalue weighted by atomic mass is 15.2. The molecule has 0 spiro atoms. The molecule has 12 rings (SSSR count). The Labute approximate surface area is 432 Å². The van der Waals surface area contributed by atoms with Crippen LogP contribution in [0.5, 0.6) is 0 Å². The van der Waals surface area contributed by atoms with Gasteiger partial charge in [-0.05, 0) is 213 Å². The molecule has 74 heavy (non-hydrogen) atoms. The third kappa shape index (κ3) is 8.06. The summed E-state index contributed by atoms with van der Waals surface area (Å²) >= 11 is 0. The van der Waals surface area contributed by atoms with Crippen LogP contribution < -0.4 is 9.80 Å². The summed E-state index contributed by atoms with van der Waals surface area (Å²) in [5.41, 5.74) is 21.2. The van der Waals surface area contributed by atoms with Crippen LogP contribution >= 0.6 is 0 Å². The van der Waals surface area contributed by atoms with Crippen LogP contribution in [0.2, 0.25) is 0 Å². The highest BCUT2D eigenvalue weighted by molar-refractivity contribution is 6.28. The number of hydrogen-bond acceptors (Lipinski definition) is 4. The summed E-state index contributed by atoms with van der Waals surface area (Å²) in [6.45, 7) is 8.70. The second kappa shape index (κ2) is 18.8. The minimum Gasteiger partial charge on any atom is -0.310 e. The summed E-state index contributed by atoms with van der Waals surface area (Å²) < 4.78 is 0. The van der Waals surface area contributed by atoms with Crippen LogP contribution in [0.3, 0.4) is 0 Å². The fourth-order valence-electron chi connectivity index (χ4n) is 11.1. The quantitative estimate of drug-likeness (QED) is 0.128. The molecule has 0 saturated carbocycles. The fraction of sp³-hybridized carbons (Fsp3) is 0.0571. The van der Waals surface area contributed by atoms with Crippen molar-refractivity contribution in [1.82, 2.24) is 0 Å². The van der Waals surface area contributed by atoms with Crippen molar-refractivity contribution >= 4 is 66.4 Å². The van der Waals surface area contributed by atoms with Gasteiger partial charge in [-0.15, -0.1) is 0 Å². The van der Waals surface area contributed by atoms with E-state index < -0.39 is 0 Å². The van der Waals surface area contributed by atoms with Gasteiger partial charge in [0.15, 0.2) is 0 Å². The van der Waals surface area contributed by atoms with Gasteiger partial charge >= 0.3 is 0 Å². The predicted molar refractivity (Wildman–Crippen MR) is 310 cm³/mol. The van der Waals surface area contributed by atoms with Gasteiger partial charge < -0.3 is 9.80 Å². The Morgan fingerprint density at radius 3 is 0.892 bits per heavy atom. The van der Waals surface area contributed by atoms with Gasteiger partial charge in [-0.25, -0.2) is 0 Å². The molecule has 0 N–H and O–H groups in total. The minimum absolute atomic E-state index is 0.605. The zero-order valence-electron chi connectivity index (χ0n) is 41.7. The number of nitrogens with zero attached hydrogens (tertiary/aromatic N) is 4. The van der Waals surface area contributed by atoms with Crippen LogP contribution in [0, 0.1) is 50.4 Å². The number of nitriles is 2. The largest absolute Gasteiger partial charge is 0.310 e. The van der Waals surface area contributed by atoms with Crippen molar-refractivity contribution in [3.8, 4) is 56.6 Å². The van der Waals surface area contributed by atoms with Crippen molar-refractivity contribution in [2.24, 2.45) is 0 Å². The Balaban J connectivity index is 1.12. The third-order valence-corrected chi connectivity index (χ3v) is 14.8. The maximum Gasteiger partial charge on any atom is 0.0991 e. The Morgan fingerprint density at radius 1 is 0.297 bits per heavy atom. The summed E-state index contributed by atoms with van der Waals surface area (Å²) in [6.07, 6.45) is 0. The van der Waals surface area contributed by atoms with Crippen LogP contribution in [0.1, 0.15) is 33.4 Å². The van der Waals surface area contributed by atoms with Crippen LogP contribution in [-0.2, 0) is 0 Å². The molecule has 0 saturated heterocycles. The summed E-state index contributed by atoms with van der Waals surface area (Å²) in [7, 11) is 0. The predicted octanol–water partition coefficient (Wildman–Crippen LogP) is 19.2. The molecule has 0 aliphatic carbocycles. The van der Waals surface area contributed by atoms with E-state index in [9.17, 15) is 10.5 Å². The fourth-order valence-corrected chi connectivity index (χ4v) is 11.1. The first-order valence-electron chi connectivity index (χ1n) is 25.1. The molecule has 0 aliphatic heterocycles. The molecule has 0 unspecified atom stereocenters. The van der Waals surface area contributed by atoms with Gasteiger partial charge in [-0.3, -0.25) is 0 Å². The molecule has 12 aromatic rings. The molecule has 350 valence electrons. The molecule has 12 aromatic carbocycles. The maximum atomic E-state index is 9.98. The molecular weight excluding hydrogens is 897 g/mol. The van der Waals surface area contributed by atoms with E-state index in [0.717, 1.165) is 77.9 Å². The topological polar surface area (TPSA) is 54.1 Å². The summed E-state index contributed by atoms with van der Waals surface area (Å²) in [6, 6.07) is 86.9. The lowest BCUT2D eigenvalue weighted by atomic mass is 9.90. The average molecular weight is 947 g/mol. The van der Waals surface area contributed by atoms with Crippen molar-refractivity contribution < 1.29 is 0 Å². The van der Waals surface area contributed by atoms with E-state index in [-0.39, 0.29) is 0 Å². The summed E-state index contributed by atoms with van der Waals surface area (Å²) in [4.78, 5) is 4.73. The van der Waals surface area contributed by atoms with Gasteiger partial charge in [0.25, 0.3) is 0 Å². The van der Waals surface area contributed by atoms with Gasteiger partial charge in [0.05, 0.1) is 34.6 Å². The van der Waals surface area contributed by atoms with Crippen molar-refractivity contribution in [2.75, 3.05) is 9.80 Å². The zero-order chi connectivity index (χ0) is 50.5. The van der Waals surface area contributed by atoms with Gasteiger partial charge in [-0.2, -0.15) is 10.5 Å². The molecule has 0 bridgehead atoms. The highest BCUT2D eigenvalue weighted by Gasteiger charge is 2.24. The molecule has 0 fully saturated rings. The van der Waals surface area contributed by atoms with Gasteiger partial charge in [-0.1, -0.05) is 133 Å². The molecular formula is C70H50N4. The monoisotopic (exact) mass is 946 g/mol. The zero-order valence-corrected chi connectivity index (χ0v) is 41.7. The van der Waals surface area contributed by atoms with Crippen molar-refractivity contribution in [2.45, 2.75) is 27.7 Å². The molecule has 0 radical (unpaired) electrons. The Bertz CT molecular complexity index is 3810. The Kier molecular flexibility index (Phi) is 11.5. The number of aryl methyl sites for hydroxylation is 4. The third-order valence-electron chi connectivity index (χ3n) is 14.8. The van der Waals surface area contributed by atoms with E-state index in [1.807, 2.05) is 24.3 Å². The molecule has 4 nitrogen and oxygen atoms in total. The first-order valence-corrected chi connectivity index (χ1v) is 25.1. The van der Waals surface area contributed by atoms with E-state index in [1.54, 1.807) is 0 Å². The van der Waals surface area contributed by atoms with Gasteiger partial charge in [0.2, 0.25) is 0 Å². The van der Waals surface area contributed by atoms with Crippen molar-refractivity contribution in [3.63, 3.8) is 0 Å². The van der Waals surface area contributed by atoms with Crippen LogP contribution in [0.25, 0.3) is 76.8 Å². The van der Waals surface area contributed by atoms with Crippen molar-refractivity contribution in [3.05, 3.63) is 264 Å². The molecule has 0 heterocycles. The van der Waals surface area contributed by atoms with Gasteiger partial charge in [0, 0.05) is 33.5 Å². The lowest BCUT2D eigenvalue weighted by Crippen LogP contribution is -2.12. The summed E-state index contributed by atoms with van der Waals surface area (Å²) in [5.74, 6) is 0. The number of hydrogen-bond donors (Lipinski definition) is 0. The van der Waals surface area contributed by atoms with Crippen LogP contribution in [-0.4, -0.2) is 0 Å².